The van der Waals surface area contributed by atoms with E-state index in [9.17, 15) is 17.7 Å². The van der Waals surface area contributed by atoms with Crippen LogP contribution >= 0.6 is 7.82 Å². The van der Waals surface area contributed by atoms with Crippen molar-refractivity contribution in [3.8, 4) is 0 Å². The molecule has 0 amide bonds. The Bertz CT molecular complexity index is 229. The van der Waals surface area contributed by atoms with Crippen molar-refractivity contribution < 1.29 is 32.0 Å². The monoisotopic (exact) mass is 251 g/mol. The van der Waals surface area contributed by atoms with Crippen LogP contribution in [-0.2, 0) is 9.09 Å². The van der Waals surface area contributed by atoms with Crippen molar-refractivity contribution in [2.24, 2.45) is 0 Å². The molecule has 0 aromatic carbocycles. The highest BCUT2D eigenvalue weighted by molar-refractivity contribution is 7.46. The summed E-state index contributed by atoms with van der Waals surface area (Å²) in [5, 5.41) is 0. The second-order valence-corrected chi connectivity index (χ2v) is 4.23. The van der Waals surface area contributed by atoms with Gasteiger partial charge >= 0.3 is 14.0 Å². The predicted octanol–water partition coefficient (Wildman–Crippen LogP) is 0.980. The Hall–Kier alpha value is -0.140. The highest BCUT2D eigenvalue weighted by atomic mass is 31.2. The quantitative estimate of drug-likeness (QED) is 0.688. The molecule has 0 saturated heterocycles. The maximum Gasteiger partial charge on any atom is 0.469 e. The summed E-state index contributed by atoms with van der Waals surface area (Å²) in [6.45, 7) is -0.506. The van der Waals surface area contributed by atoms with E-state index in [0.717, 1.165) is 0 Å². The van der Waals surface area contributed by atoms with Crippen LogP contribution in [0.5, 0.6) is 0 Å². The van der Waals surface area contributed by atoms with E-state index < -0.39 is 20.4 Å². The van der Waals surface area contributed by atoms with Crippen LogP contribution in [0.15, 0.2) is 0 Å². The minimum atomic E-state index is -4.52. The summed E-state index contributed by atoms with van der Waals surface area (Å²) in [5.41, 5.74) is 0. The van der Waals surface area contributed by atoms with Crippen molar-refractivity contribution in [3.05, 3.63) is 0 Å². The fourth-order valence-electron chi connectivity index (χ4n) is 0.745. The zero-order valence-electron chi connectivity index (χ0n) is 8.07. The Labute approximate surface area is 85.1 Å². The Morgan fingerprint density at radius 3 is 2.27 bits per heavy atom. The van der Waals surface area contributed by atoms with Gasteiger partial charge in [0.25, 0.3) is 0 Å². The third kappa shape index (κ3) is 11.8. The summed E-state index contributed by atoms with van der Waals surface area (Å²) in [5.74, 6) is 0. The molecular weight excluding hydrogens is 238 g/mol. The minimum absolute atomic E-state index is 0.0290. The highest BCUT2D eigenvalue weighted by Gasteiger charge is 2.27. The summed E-state index contributed by atoms with van der Waals surface area (Å²) in [6, 6.07) is 0. The van der Waals surface area contributed by atoms with Gasteiger partial charge in [0.2, 0.25) is 0 Å². The first-order chi connectivity index (χ1) is 6.60. The summed E-state index contributed by atoms with van der Waals surface area (Å²) in [4.78, 5) is 17.8. The van der Waals surface area contributed by atoms with E-state index in [1.807, 2.05) is 0 Å². The maximum atomic E-state index is 11.7. The number of rotatable bonds is 6. The molecule has 0 aromatic heterocycles. The van der Waals surface area contributed by atoms with Crippen molar-refractivity contribution in [1.29, 1.82) is 0 Å². The average molecular weight is 251 g/mol. The number of likely N-dealkylation sites (N-methyl/N-ethyl adjacent to an activating group) is 1. The maximum absolute atomic E-state index is 11.7. The van der Waals surface area contributed by atoms with Gasteiger partial charge in [-0.15, -0.1) is 0 Å². The number of hydrogen-bond donors (Lipinski definition) is 2. The number of phosphoric acid groups is 1. The van der Waals surface area contributed by atoms with Gasteiger partial charge in [-0.05, 0) is 7.05 Å². The fraction of sp³-hybridized carbons (Fsp3) is 1.00. The number of hydrogen-bond acceptors (Lipinski definition) is 3. The van der Waals surface area contributed by atoms with Crippen LogP contribution in [0.25, 0.3) is 0 Å². The van der Waals surface area contributed by atoms with Gasteiger partial charge in [0, 0.05) is 13.1 Å². The van der Waals surface area contributed by atoms with Gasteiger partial charge in [-0.2, -0.15) is 13.2 Å². The molecule has 0 radical (unpaired) electrons. The molecule has 0 aliphatic heterocycles. The van der Waals surface area contributed by atoms with Crippen molar-refractivity contribution in [3.63, 3.8) is 0 Å². The van der Waals surface area contributed by atoms with Gasteiger partial charge in [-0.1, -0.05) is 0 Å². The predicted molar refractivity (Wildman–Crippen MR) is 46.2 cm³/mol. The molecule has 0 unspecified atom stereocenters. The second kappa shape index (κ2) is 5.81. The fourth-order valence-corrected chi connectivity index (χ4v) is 1.06. The molecule has 0 spiro atoms. The van der Waals surface area contributed by atoms with Crippen LogP contribution in [0.4, 0.5) is 13.2 Å². The SMILES string of the molecule is CN(CCOP(=O)(O)O)CCC(F)(F)F. The largest absolute Gasteiger partial charge is 0.469 e. The van der Waals surface area contributed by atoms with E-state index in [1.165, 1.54) is 11.9 Å². The van der Waals surface area contributed by atoms with Gasteiger partial charge in [-0.25, -0.2) is 4.57 Å². The van der Waals surface area contributed by atoms with E-state index in [-0.39, 0.29) is 19.7 Å². The van der Waals surface area contributed by atoms with Gasteiger partial charge < -0.3 is 14.7 Å². The number of nitrogens with zero attached hydrogens (tertiary/aromatic N) is 1. The number of halogens is 3. The summed E-state index contributed by atoms with van der Waals surface area (Å²) < 4.78 is 49.5. The first kappa shape index (κ1) is 14.9. The van der Waals surface area contributed by atoms with Crippen molar-refractivity contribution in [2.45, 2.75) is 12.6 Å². The third-order valence-electron chi connectivity index (χ3n) is 1.51. The molecule has 0 aliphatic rings. The molecule has 0 bridgehead atoms. The lowest BCUT2D eigenvalue weighted by molar-refractivity contribution is -0.137. The number of phosphoric ester groups is 1. The van der Waals surface area contributed by atoms with E-state index in [2.05, 4.69) is 4.52 Å². The van der Waals surface area contributed by atoms with E-state index >= 15 is 0 Å². The van der Waals surface area contributed by atoms with Crippen LogP contribution < -0.4 is 0 Å². The number of alkyl halides is 3. The van der Waals surface area contributed by atoms with Crippen LogP contribution in [-0.4, -0.2) is 47.6 Å². The molecule has 0 saturated carbocycles. The van der Waals surface area contributed by atoms with Crippen LogP contribution in [0.2, 0.25) is 0 Å². The molecule has 5 nitrogen and oxygen atoms in total. The lowest BCUT2D eigenvalue weighted by Crippen LogP contribution is -2.27. The molecule has 0 fully saturated rings. The second-order valence-electron chi connectivity index (χ2n) is 2.99. The lowest BCUT2D eigenvalue weighted by Gasteiger charge is -2.17. The Morgan fingerprint density at radius 2 is 1.87 bits per heavy atom. The average Bonchev–Trinajstić information content (AvgIpc) is 1.97. The molecule has 0 aromatic rings. The molecule has 15 heavy (non-hydrogen) atoms. The van der Waals surface area contributed by atoms with Crippen LogP contribution in [0.3, 0.4) is 0 Å². The van der Waals surface area contributed by atoms with Crippen molar-refractivity contribution >= 4 is 7.82 Å². The third-order valence-corrected chi connectivity index (χ3v) is 2.03. The van der Waals surface area contributed by atoms with Crippen LogP contribution in [0.1, 0.15) is 6.42 Å². The first-order valence-corrected chi connectivity index (χ1v) is 5.58. The molecule has 0 rings (SSSR count). The molecule has 0 atom stereocenters. The van der Waals surface area contributed by atoms with Gasteiger partial charge in [0.05, 0.1) is 13.0 Å². The van der Waals surface area contributed by atoms with Gasteiger partial charge in [-0.3, -0.25) is 4.52 Å². The molecule has 0 aliphatic carbocycles. The molecule has 9 heteroatoms. The molecule has 0 heterocycles. The Morgan fingerprint density at radius 1 is 1.33 bits per heavy atom. The topological polar surface area (TPSA) is 70.0 Å². The van der Waals surface area contributed by atoms with E-state index in [0.29, 0.717) is 0 Å². The molecule has 2 N–H and O–H groups in total. The van der Waals surface area contributed by atoms with Crippen LogP contribution in [0, 0.1) is 0 Å². The Kier molecular flexibility index (Phi) is 5.76. The minimum Gasteiger partial charge on any atom is -0.304 e. The zero-order chi connectivity index (χ0) is 12.1. The molecular formula is C6H13F3NO4P. The summed E-state index contributed by atoms with van der Waals surface area (Å²) >= 11 is 0. The lowest BCUT2D eigenvalue weighted by atomic mass is 10.4. The Balaban J connectivity index is 3.59. The smallest absolute Gasteiger partial charge is 0.304 e. The summed E-state index contributed by atoms with van der Waals surface area (Å²) in [6.07, 6.45) is -5.18. The van der Waals surface area contributed by atoms with Gasteiger partial charge in [0.1, 0.15) is 0 Å². The van der Waals surface area contributed by atoms with Crippen molar-refractivity contribution in [1.82, 2.24) is 4.90 Å². The van der Waals surface area contributed by atoms with Gasteiger partial charge in [0.15, 0.2) is 0 Å². The molecule has 92 valence electrons. The van der Waals surface area contributed by atoms with Crippen molar-refractivity contribution in [2.75, 3.05) is 26.7 Å². The van der Waals surface area contributed by atoms with E-state index in [4.69, 9.17) is 9.79 Å². The zero-order valence-corrected chi connectivity index (χ0v) is 8.96. The normalized spacial score (nSPS) is 13.5. The van der Waals surface area contributed by atoms with E-state index in [1.54, 1.807) is 0 Å². The first-order valence-electron chi connectivity index (χ1n) is 4.05. The standard InChI is InChI=1S/C6H13F3NO4P/c1-10(3-2-6(7,8)9)4-5-14-15(11,12)13/h2-5H2,1H3,(H2,11,12,13). The summed E-state index contributed by atoms with van der Waals surface area (Å²) in [7, 11) is -3.11. The highest BCUT2D eigenvalue weighted by Crippen LogP contribution is 2.35.